The molecule has 0 spiro atoms. The first-order valence-electron chi connectivity index (χ1n) is 15.3. The van der Waals surface area contributed by atoms with Gasteiger partial charge in [-0.05, 0) is 85.8 Å². The quantitative estimate of drug-likeness (QED) is 0.319. The molecule has 3 aromatic rings. The highest BCUT2D eigenvalue weighted by Crippen LogP contribution is 2.24. The van der Waals surface area contributed by atoms with Crippen molar-refractivity contribution in [2.75, 3.05) is 39.3 Å². The molecule has 0 saturated carbocycles. The van der Waals surface area contributed by atoms with Gasteiger partial charge in [-0.25, -0.2) is 0 Å². The van der Waals surface area contributed by atoms with E-state index in [0.717, 1.165) is 56.2 Å². The minimum atomic E-state index is -0.250. The minimum absolute atomic E-state index is 0.0234. The molecule has 2 fully saturated rings. The average Bonchev–Trinajstić information content (AvgIpc) is 3.16. The molecule has 6 nitrogen and oxygen atoms in total. The van der Waals surface area contributed by atoms with Crippen LogP contribution in [0.3, 0.4) is 0 Å². The number of fused-ring (bicyclic) bond motifs is 1. The Morgan fingerprint density at radius 1 is 1.00 bits per heavy atom. The number of halogens is 1. The van der Waals surface area contributed by atoms with E-state index >= 15 is 0 Å². The molecule has 2 heterocycles. The number of rotatable bonds is 10. The molecular weight excluding hydrogens is 532 g/mol. The summed E-state index contributed by atoms with van der Waals surface area (Å²) in [4.78, 5) is 31.6. The van der Waals surface area contributed by atoms with Crippen molar-refractivity contribution < 1.29 is 9.59 Å². The second kappa shape index (κ2) is 14.3. The second-order valence-corrected chi connectivity index (χ2v) is 12.0. The van der Waals surface area contributed by atoms with Crippen LogP contribution in [0.15, 0.2) is 66.7 Å². The van der Waals surface area contributed by atoms with Gasteiger partial charge >= 0.3 is 0 Å². The normalized spacial score (nSPS) is 21.0. The maximum Gasteiger partial charge on any atom is 0.251 e. The molecule has 2 aliphatic rings. The van der Waals surface area contributed by atoms with E-state index in [1.54, 1.807) is 0 Å². The summed E-state index contributed by atoms with van der Waals surface area (Å²) >= 11 is 6.12. The van der Waals surface area contributed by atoms with E-state index in [4.69, 9.17) is 11.6 Å². The van der Waals surface area contributed by atoms with Gasteiger partial charge in [0.25, 0.3) is 5.91 Å². The summed E-state index contributed by atoms with van der Waals surface area (Å²) in [7, 11) is 0. The van der Waals surface area contributed by atoms with Crippen LogP contribution < -0.4 is 10.6 Å². The molecule has 0 unspecified atom stereocenters. The molecule has 3 aromatic carbocycles. The van der Waals surface area contributed by atoms with Crippen molar-refractivity contribution in [3.8, 4) is 0 Å². The Morgan fingerprint density at radius 3 is 2.54 bits per heavy atom. The standard InChI is InChI=1S/C34H43ClN4O2/c1-2-25(26-9-5-3-6-10-26)24-39-20-15-31(37-32(34(39)41)16-19-38-17-7-4-8-18-38)23-36-33(40)29-12-11-28-22-30(35)14-13-27(28)21-29/h3,5-6,9-14,21-22,25,31-32,37H,2,4,7-8,15-20,23-24H2,1H3,(H,36,40)/t25-,31-,32+/m1/s1. The summed E-state index contributed by atoms with van der Waals surface area (Å²) in [5.74, 6) is 0.399. The highest BCUT2D eigenvalue weighted by molar-refractivity contribution is 6.31. The van der Waals surface area contributed by atoms with Crippen molar-refractivity contribution in [1.82, 2.24) is 20.4 Å². The molecule has 7 heteroatoms. The predicted molar refractivity (Wildman–Crippen MR) is 168 cm³/mol. The van der Waals surface area contributed by atoms with Crippen molar-refractivity contribution in [3.05, 3.63) is 82.9 Å². The van der Waals surface area contributed by atoms with Crippen molar-refractivity contribution in [2.45, 2.75) is 63.5 Å². The van der Waals surface area contributed by atoms with Gasteiger partial charge in [-0.1, -0.05) is 67.4 Å². The third-order valence-electron chi connectivity index (χ3n) is 8.75. The Balaban J connectivity index is 1.26. The van der Waals surface area contributed by atoms with E-state index in [9.17, 15) is 9.59 Å². The van der Waals surface area contributed by atoms with Gasteiger partial charge in [0, 0.05) is 48.7 Å². The lowest BCUT2D eigenvalue weighted by Gasteiger charge is -2.31. The van der Waals surface area contributed by atoms with E-state index in [1.165, 1.54) is 24.8 Å². The molecule has 0 aromatic heterocycles. The fourth-order valence-electron chi connectivity index (χ4n) is 6.26. The summed E-state index contributed by atoms with van der Waals surface area (Å²) in [6.45, 7) is 7.25. The average molecular weight is 575 g/mol. The van der Waals surface area contributed by atoms with Crippen molar-refractivity contribution in [1.29, 1.82) is 0 Å². The second-order valence-electron chi connectivity index (χ2n) is 11.6. The van der Waals surface area contributed by atoms with Gasteiger partial charge in [0.2, 0.25) is 5.91 Å². The summed E-state index contributed by atoms with van der Waals surface area (Å²) in [6, 6.07) is 21.7. The minimum Gasteiger partial charge on any atom is -0.350 e. The van der Waals surface area contributed by atoms with Gasteiger partial charge < -0.3 is 20.4 Å². The lowest BCUT2D eigenvalue weighted by atomic mass is 9.95. The van der Waals surface area contributed by atoms with Crippen LogP contribution in [0, 0.1) is 0 Å². The Kier molecular flexibility index (Phi) is 10.3. The van der Waals surface area contributed by atoms with E-state index in [2.05, 4.69) is 51.6 Å². The number of likely N-dealkylation sites (tertiary alicyclic amines) is 1. The predicted octanol–water partition coefficient (Wildman–Crippen LogP) is 5.85. The highest BCUT2D eigenvalue weighted by Gasteiger charge is 2.32. The zero-order chi connectivity index (χ0) is 28.6. The molecule has 2 amide bonds. The summed E-state index contributed by atoms with van der Waals surface area (Å²) < 4.78 is 0. The Labute approximate surface area is 249 Å². The zero-order valence-corrected chi connectivity index (χ0v) is 24.9. The molecule has 0 aliphatic carbocycles. The highest BCUT2D eigenvalue weighted by atomic mass is 35.5. The van der Waals surface area contributed by atoms with Gasteiger partial charge in [0.15, 0.2) is 0 Å². The zero-order valence-electron chi connectivity index (χ0n) is 24.2. The number of hydrogen-bond acceptors (Lipinski definition) is 4. The first-order chi connectivity index (χ1) is 20.0. The first kappa shape index (κ1) is 29.6. The summed E-state index contributed by atoms with van der Waals surface area (Å²) in [5, 5.41) is 9.48. The Bertz CT molecular complexity index is 1310. The van der Waals surface area contributed by atoms with Crippen LogP contribution >= 0.6 is 11.6 Å². The Hall–Kier alpha value is -2.93. The molecule has 2 saturated heterocycles. The topological polar surface area (TPSA) is 64.7 Å². The van der Waals surface area contributed by atoms with Crippen molar-refractivity contribution in [3.63, 3.8) is 0 Å². The third kappa shape index (κ3) is 7.88. The van der Waals surface area contributed by atoms with Crippen LogP contribution in [0.2, 0.25) is 5.02 Å². The summed E-state index contributed by atoms with van der Waals surface area (Å²) in [6.07, 6.45) is 6.35. The van der Waals surface area contributed by atoms with Crippen LogP contribution in [-0.4, -0.2) is 73.0 Å². The molecule has 2 aliphatic heterocycles. The largest absolute Gasteiger partial charge is 0.350 e. The number of amides is 2. The van der Waals surface area contributed by atoms with Crippen molar-refractivity contribution in [2.24, 2.45) is 0 Å². The lowest BCUT2D eigenvalue weighted by Crippen LogP contribution is -2.50. The van der Waals surface area contributed by atoms with Crippen LogP contribution in [0.25, 0.3) is 10.8 Å². The smallest absolute Gasteiger partial charge is 0.251 e. The first-order valence-corrected chi connectivity index (χ1v) is 15.7. The number of carbonyl (C=O) groups is 2. The van der Waals surface area contributed by atoms with Crippen LogP contribution in [0.1, 0.15) is 67.3 Å². The fraction of sp³-hybridized carbons (Fsp3) is 0.471. The Morgan fingerprint density at radius 2 is 1.76 bits per heavy atom. The molecular formula is C34H43ClN4O2. The van der Waals surface area contributed by atoms with Crippen LogP contribution in [0.5, 0.6) is 0 Å². The molecule has 0 bridgehead atoms. The number of benzene rings is 3. The van der Waals surface area contributed by atoms with Gasteiger partial charge in [0.05, 0.1) is 6.04 Å². The molecule has 41 heavy (non-hydrogen) atoms. The monoisotopic (exact) mass is 574 g/mol. The molecule has 5 rings (SSSR count). The van der Waals surface area contributed by atoms with Crippen LogP contribution in [-0.2, 0) is 4.79 Å². The number of nitrogens with zero attached hydrogens (tertiary/aromatic N) is 2. The van der Waals surface area contributed by atoms with Gasteiger partial charge in [-0.15, -0.1) is 0 Å². The van der Waals surface area contributed by atoms with Crippen molar-refractivity contribution >= 4 is 34.2 Å². The van der Waals surface area contributed by atoms with E-state index in [-0.39, 0.29) is 23.9 Å². The fourth-order valence-corrected chi connectivity index (χ4v) is 6.44. The number of carbonyl (C=O) groups excluding carboxylic acids is 2. The third-order valence-corrected chi connectivity index (χ3v) is 8.99. The maximum absolute atomic E-state index is 13.9. The number of nitrogens with one attached hydrogen (secondary N) is 2. The lowest BCUT2D eigenvalue weighted by molar-refractivity contribution is -0.133. The van der Waals surface area contributed by atoms with Gasteiger partial charge in [0.1, 0.15) is 0 Å². The SMILES string of the molecule is CC[C@H](CN1CC[C@H](CNC(=O)c2ccc3cc(Cl)ccc3c2)N[C@@H](CCN2CCCCC2)C1=O)c1ccccc1. The number of hydrogen-bond donors (Lipinski definition) is 2. The van der Waals surface area contributed by atoms with Gasteiger partial charge in [-0.3, -0.25) is 9.59 Å². The van der Waals surface area contributed by atoms with E-state index in [0.29, 0.717) is 29.6 Å². The number of piperidine rings is 1. The van der Waals surface area contributed by atoms with Gasteiger partial charge in [-0.2, -0.15) is 0 Å². The molecule has 218 valence electrons. The van der Waals surface area contributed by atoms with Crippen LogP contribution in [0.4, 0.5) is 0 Å². The molecule has 2 N–H and O–H groups in total. The summed E-state index contributed by atoms with van der Waals surface area (Å²) in [5.41, 5.74) is 1.91. The van der Waals surface area contributed by atoms with E-state index < -0.39 is 0 Å². The maximum atomic E-state index is 13.9. The molecule has 3 atom stereocenters. The van der Waals surface area contributed by atoms with E-state index in [1.807, 2.05) is 42.5 Å². The molecule has 0 radical (unpaired) electrons.